The normalized spacial score (nSPS) is 12.6. The van der Waals surface area contributed by atoms with Crippen molar-refractivity contribution >= 4 is 5.97 Å². The van der Waals surface area contributed by atoms with Crippen molar-refractivity contribution in [3.8, 4) is 0 Å². The lowest BCUT2D eigenvalue weighted by Crippen LogP contribution is -2.17. The van der Waals surface area contributed by atoms with Gasteiger partial charge in [-0.2, -0.15) is 0 Å². The molecule has 17 heavy (non-hydrogen) atoms. The monoisotopic (exact) mass is 241 g/mol. The van der Waals surface area contributed by atoms with Gasteiger partial charge in [0.25, 0.3) is 0 Å². The SMILES string of the molecule is CC(CO)CCCNCc1occc1C(=O)O. The first kappa shape index (κ1) is 13.7. The molecule has 96 valence electrons. The summed E-state index contributed by atoms with van der Waals surface area (Å²) in [6.07, 6.45) is 3.28. The van der Waals surface area contributed by atoms with Gasteiger partial charge in [-0.1, -0.05) is 6.92 Å². The molecule has 0 fully saturated rings. The van der Waals surface area contributed by atoms with Crippen molar-refractivity contribution in [3.05, 3.63) is 23.7 Å². The second kappa shape index (κ2) is 7.09. The first-order valence-electron chi connectivity index (χ1n) is 5.76. The smallest absolute Gasteiger partial charge is 0.339 e. The highest BCUT2D eigenvalue weighted by molar-refractivity contribution is 5.88. The van der Waals surface area contributed by atoms with Gasteiger partial charge in [-0.3, -0.25) is 0 Å². The summed E-state index contributed by atoms with van der Waals surface area (Å²) >= 11 is 0. The number of carboxylic acid groups (broad SMARTS) is 1. The molecule has 1 aromatic heterocycles. The van der Waals surface area contributed by atoms with Crippen LogP contribution in [0.5, 0.6) is 0 Å². The first-order valence-corrected chi connectivity index (χ1v) is 5.76. The van der Waals surface area contributed by atoms with E-state index in [0.29, 0.717) is 18.2 Å². The number of hydrogen-bond acceptors (Lipinski definition) is 4. The Labute approximate surface area is 100 Å². The quantitative estimate of drug-likeness (QED) is 0.600. The summed E-state index contributed by atoms with van der Waals surface area (Å²) in [6.45, 7) is 3.41. The lowest BCUT2D eigenvalue weighted by molar-refractivity contribution is 0.0694. The van der Waals surface area contributed by atoms with Gasteiger partial charge in [0.1, 0.15) is 11.3 Å². The summed E-state index contributed by atoms with van der Waals surface area (Å²) < 4.78 is 5.09. The summed E-state index contributed by atoms with van der Waals surface area (Å²) in [5, 5.41) is 20.8. The second-order valence-corrected chi connectivity index (χ2v) is 4.17. The molecule has 0 bridgehead atoms. The van der Waals surface area contributed by atoms with Crippen LogP contribution in [0.4, 0.5) is 0 Å². The molecule has 0 aliphatic heterocycles. The van der Waals surface area contributed by atoms with Gasteiger partial charge in [-0.05, 0) is 31.4 Å². The van der Waals surface area contributed by atoms with Crippen LogP contribution in [0.3, 0.4) is 0 Å². The molecule has 1 unspecified atom stereocenters. The summed E-state index contributed by atoms with van der Waals surface area (Å²) in [5.74, 6) is -0.202. The zero-order valence-corrected chi connectivity index (χ0v) is 9.98. The summed E-state index contributed by atoms with van der Waals surface area (Å²) in [5.41, 5.74) is 0.209. The second-order valence-electron chi connectivity index (χ2n) is 4.17. The number of hydrogen-bond donors (Lipinski definition) is 3. The number of aliphatic hydroxyl groups excluding tert-OH is 1. The number of carbonyl (C=O) groups is 1. The van der Waals surface area contributed by atoms with E-state index in [9.17, 15) is 4.79 Å². The van der Waals surface area contributed by atoms with E-state index in [0.717, 1.165) is 19.4 Å². The minimum absolute atomic E-state index is 0.209. The molecule has 3 N–H and O–H groups in total. The molecule has 0 saturated heterocycles. The van der Waals surface area contributed by atoms with Crippen molar-refractivity contribution in [2.24, 2.45) is 5.92 Å². The highest BCUT2D eigenvalue weighted by Crippen LogP contribution is 2.10. The van der Waals surface area contributed by atoms with E-state index in [2.05, 4.69) is 5.32 Å². The molecule has 5 heteroatoms. The Bertz CT molecular complexity index is 348. The molecule has 0 saturated carbocycles. The van der Waals surface area contributed by atoms with Gasteiger partial charge in [0.05, 0.1) is 12.8 Å². The minimum Gasteiger partial charge on any atom is -0.478 e. The van der Waals surface area contributed by atoms with Crippen LogP contribution in [0.15, 0.2) is 16.7 Å². The standard InChI is InChI=1S/C12H19NO4/c1-9(8-14)3-2-5-13-7-11-10(12(15)16)4-6-17-11/h4,6,9,13-14H,2-3,5,7-8H2,1H3,(H,15,16). The number of rotatable bonds is 8. The van der Waals surface area contributed by atoms with E-state index in [1.54, 1.807) is 0 Å². The maximum Gasteiger partial charge on any atom is 0.339 e. The highest BCUT2D eigenvalue weighted by Gasteiger charge is 2.12. The number of furan rings is 1. The van der Waals surface area contributed by atoms with Crippen molar-refractivity contribution in [1.82, 2.24) is 5.32 Å². The molecule has 1 atom stereocenters. The van der Waals surface area contributed by atoms with Crippen LogP contribution < -0.4 is 5.32 Å². The van der Waals surface area contributed by atoms with Gasteiger partial charge >= 0.3 is 5.97 Å². The zero-order chi connectivity index (χ0) is 12.7. The predicted molar refractivity (Wildman–Crippen MR) is 62.9 cm³/mol. The third kappa shape index (κ3) is 4.58. The average Bonchev–Trinajstić information content (AvgIpc) is 2.76. The van der Waals surface area contributed by atoms with E-state index in [-0.39, 0.29) is 12.2 Å². The van der Waals surface area contributed by atoms with Gasteiger partial charge in [-0.15, -0.1) is 0 Å². The Balaban J connectivity index is 2.22. The van der Waals surface area contributed by atoms with E-state index in [4.69, 9.17) is 14.6 Å². The molecular weight excluding hydrogens is 222 g/mol. The van der Waals surface area contributed by atoms with Gasteiger partial charge < -0.3 is 19.9 Å². The van der Waals surface area contributed by atoms with Crippen molar-refractivity contribution < 1.29 is 19.4 Å². The summed E-state index contributed by atoms with van der Waals surface area (Å²) in [4.78, 5) is 10.8. The van der Waals surface area contributed by atoms with Crippen LogP contribution in [0, 0.1) is 5.92 Å². The fourth-order valence-corrected chi connectivity index (χ4v) is 1.54. The Morgan fingerprint density at radius 1 is 1.59 bits per heavy atom. The molecular formula is C12H19NO4. The molecule has 0 radical (unpaired) electrons. The lowest BCUT2D eigenvalue weighted by atomic mass is 10.1. The highest BCUT2D eigenvalue weighted by atomic mass is 16.4. The van der Waals surface area contributed by atoms with Crippen molar-refractivity contribution in [2.75, 3.05) is 13.2 Å². The topological polar surface area (TPSA) is 82.7 Å². The third-order valence-corrected chi connectivity index (χ3v) is 2.62. The van der Waals surface area contributed by atoms with Crippen LogP contribution in [-0.4, -0.2) is 29.3 Å². The van der Waals surface area contributed by atoms with Crippen LogP contribution in [-0.2, 0) is 6.54 Å². The lowest BCUT2D eigenvalue weighted by Gasteiger charge is -2.07. The summed E-state index contributed by atoms with van der Waals surface area (Å²) in [6, 6.07) is 1.45. The van der Waals surface area contributed by atoms with E-state index in [1.165, 1.54) is 12.3 Å². The molecule has 0 spiro atoms. The van der Waals surface area contributed by atoms with Crippen LogP contribution in [0.1, 0.15) is 35.9 Å². The number of aliphatic hydroxyl groups is 1. The fraction of sp³-hybridized carbons (Fsp3) is 0.583. The van der Waals surface area contributed by atoms with Gasteiger partial charge in [0.2, 0.25) is 0 Å². The van der Waals surface area contributed by atoms with Gasteiger partial charge in [0.15, 0.2) is 0 Å². The predicted octanol–water partition coefficient (Wildman–Crippen LogP) is 1.48. The Hall–Kier alpha value is -1.33. The maximum absolute atomic E-state index is 10.8. The first-order chi connectivity index (χ1) is 8.15. The van der Waals surface area contributed by atoms with E-state index >= 15 is 0 Å². The molecule has 0 aliphatic rings. The number of aromatic carboxylic acids is 1. The minimum atomic E-state index is -0.968. The molecule has 1 aromatic rings. The molecule has 1 heterocycles. The zero-order valence-electron chi connectivity index (χ0n) is 9.98. The Morgan fingerprint density at radius 2 is 2.35 bits per heavy atom. The summed E-state index contributed by atoms with van der Waals surface area (Å²) in [7, 11) is 0. The van der Waals surface area contributed by atoms with Crippen molar-refractivity contribution in [1.29, 1.82) is 0 Å². The number of nitrogens with one attached hydrogen (secondary N) is 1. The van der Waals surface area contributed by atoms with Crippen molar-refractivity contribution in [3.63, 3.8) is 0 Å². The molecule has 5 nitrogen and oxygen atoms in total. The Kier molecular flexibility index (Phi) is 5.72. The van der Waals surface area contributed by atoms with E-state index in [1.807, 2.05) is 6.92 Å². The molecule has 0 amide bonds. The Morgan fingerprint density at radius 3 is 3.00 bits per heavy atom. The molecule has 0 aliphatic carbocycles. The fourth-order valence-electron chi connectivity index (χ4n) is 1.54. The average molecular weight is 241 g/mol. The van der Waals surface area contributed by atoms with Gasteiger partial charge in [-0.25, -0.2) is 4.79 Å². The van der Waals surface area contributed by atoms with Gasteiger partial charge in [0, 0.05) is 6.61 Å². The number of carboxylic acids is 1. The molecule has 1 rings (SSSR count). The molecule has 0 aromatic carbocycles. The maximum atomic E-state index is 10.8. The van der Waals surface area contributed by atoms with Crippen LogP contribution in [0.25, 0.3) is 0 Å². The van der Waals surface area contributed by atoms with Crippen LogP contribution in [0.2, 0.25) is 0 Å². The van der Waals surface area contributed by atoms with E-state index < -0.39 is 5.97 Å². The van der Waals surface area contributed by atoms with Crippen molar-refractivity contribution in [2.45, 2.75) is 26.3 Å². The van der Waals surface area contributed by atoms with Crippen LogP contribution >= 0.6 is 0 Å². The third-order valence-electron chi connectivity index (χ3n) is 2.62. The largest absolute Gasteiger partial charge is 0.478 e.